The van der Waals surface area contributed by atoms with Crippen molar-refractivity contribution in [1.82, 2.24) is 5.32 Å². The first kappa shape index (κ1) is 11.9. The van der Waals surface area contributed by atoms with Crippen molar-refractivity contribution in [3.05, 3.63) is 29.6 Å². The third-order valence-corrected chi connectivity index (χ3v) is 2.26. The number of hydrogen-bond donors (Lipinski definition) is 3. The fraction of sp³-hybridized carbons (Fsp3) is 0.455. The van der Waals surface area contributed by atoms with Gasteiger partial charge >= 0.3 is 0 Å². The number of aliphatic hydroxyl groups is 1. The highest BCUT2D eigenvalue weighted by molar-refractivity contribution is 5.34. The fourth-order valence-electron chi connectivity index (χ4n) is 1.44. The molecule has 3 nitrogen and oxygen atoms in total. The normalized spacial score (nSPS) is 14.9. The summed E-state index contributed by atoms with van der Waals surface area (Å²) >= 11 is 0. The summed E-state index contributed by atoms with van der Waals surface area (Å²) in [4.78, 5) is 0. The summed E-state index contributed by atoms with van der Waals surface area (Å²) in [5, 5.41) is 21.4. The van der Waals surface area contributed by atoms with Gasteiger partial charge in [0, 0.05) is 17.6 Å². The molecule has 0 bridgehead atoms. The Morgan fingerprint density at radius 2 is 2.07 bits per heavy atom. The first-order valence-corrected chi connectivity index (χ1v) is 4.90. The van der Waals surface area contributed by atoms with Gasteiger partial charge in [-0.3, -0.25) is 0 Å². The largest absolute Gasteiger partial charge is 0.508 e. The second-order valence-electron chi connectivity index (χ2n) is 3.68. The van der Waals surface area contributed by atoms with Gasteiger partial charge in [-0.2, -0.15) is 0 Å². The highest BCUT2D eigenvalue weighted by atomic mass is 19.1. The summed E-state index contributed by atoms with van der Waals surface area (Å²) in [6, 6.07) is 3.52. The third-order valence-electron chi connectivity index (χ3n) is 2.26. The van der Waals surface area contributed by atoms with E-state index >= 15 is 0 Å². The molecule has 1 aromatic rings. The maximum Gasteiger partial charge on any atom is 0.123 e. The second-order valence-corrected chi connectivity index (χ2v) is 3.68. The maximum atomic E-state index is 12.9. The first-order chi connectivity index (χ1) is 7.04. The van der Waals surface area contributed by atoms with Gasteiger partial charge in [-0.05, 0) is 32.0 Å². The minimum atomic E-state index is -0.381. The smallest absolute Gasteiger partial charge is 0.123 e. The van der Waals surface area contributed by atoms with Crippen LogP contribution in [0.2, 0.25) is 0 Å². The van der Waals surface area contributed by atoms with Crippen LogP contribution < -0.4 is 5.32 Å². The Morgan fingerprint density at radius 1 is 1.40 bits per heavy atom. The number of nitrogens with one attached hydrogen (secondary N) is 1. The number of aromatic hydroxyl groups is 1. The van der Waals surface area contributed by atoms with Gasteiger partial charge in [-0.15, -0.1) is 0 Å². The Labute approximate surface area is 88.6 Å². The van der Waals surface area contributed by atoms with Gasteiger partial charge < -0.3 is 15.5 Å². The predicted molar refractivity (Wildman–Crippen MR) is 56.2 cm³/mol. The molecule has 15 heavy (non-hydrogen) atoms. The van der Waals surface area contributed by atoms with Crippen LogP contribution >= 0.6 is 0 Å². The minimum absolute atomic E-state index is 0.000414. The quantitative estimate of drug-likeness (QED) is 0.711. The van der Waals surface area contributed by atoms with E-state index in [1.54, 1.807) is 6.92 Å². The van der Waals surface area contributed by atoms with Crippen LogP contribution in [-0.2, 0) is 0 Å². The summed E-state index contributed by atoms with van der Waals surface area (Å²) in [5.74, 6) is -0.324. The van der Waals surface area contributed by atoms with E-state index in [4.69, 9.17) is 5.11 Å². The van der Waals surface area contributed by atoms with Gasteiger partial charge in [0.25, 0.3) is 0 Å². The van der Waals surface area contributed by atoms with Crippen LogP contribution in [0, 0.1) is 5.82 Å². The van der Waals surface area contributed by atoms with Crippen molar-refractivity contribution >= 4 is 0 Å². The molecule has 0 amide bonds. The van der Waals surface area contributed by atoms with Crippen LogP contribution in [0.25, 0.3) is 0 Å². The molecule has 3 N–H and O–H groups in total. The summed E-state index contributed by atoms with van der Waals surface area (Å²) in [6.07, 6.45) is 0. The molecule has 0 aliphatic rings. The highest BCUT2D eigenvalue weighted by Crippen LogP contribution is 2.24. The highest BCUT2D eigenvalue weighted by Gasteiger charge is 2.13. The molecule has 4 heteroatoms. The number of aliphatic hydroxyl groups excluding tert-OH is 1. The molecule has 0 aliphatic carbocycles. The number of benzene rings is 1. The van der Waals surface area contributed by atoms with Crippen LogP contribution in [0.3, 0.4) is 0 Å². The van der Waals surface area contributed by atoms with Crippen LogP contribution in [0.4, 0.5) is 4.39 Å². The van der Waals surface area contributed by atoms with E-state index in [0.29, 0.717) is 5.56 Å². The van der Waals surface area contributed by atoms with E-state index < -0.39 is 0 Å². The first-order valence-electron chi connectivity index (χ1n) is 4.90. The minimum Gasteiger partial charge on any atom is -0.508 e. The number of phenolic OH excluding ortho intramolecular Hbond substituents is 1. The van der Waals surface area contributed by atoms with Gasteiger partial charge in [0.05, 0.1) is 6.61 Å². The summed E-state index contributed by atoms with van der Waals surface area (Å²) in [7, 11) is 0. The van der Waals surface area contributed by atoms with Crippen LogP contribution in [0.5, 0.6) is 5.75 Å². The Balaban J connectivity index is 2.80. The Hall–Kier alpha value is -1.13. The molecule has 0 aliphatic heterocycles. The van der Waals surface area contributed by atoms with Crippen molar-refractivity contribution in [2.24, 2.45) is 0 Å². The number of phenols is 1. The zero-order valence-corrected chi connectivity index (χ0v) is 8.87. The third kappa shape index (κ3) is 3.18. The molecule has 0 aromatic heterocycles. The lowest BCUT2D eigenvalue weighted by Gasteiger charge is -2.19. The molecular formula is C11H16FNO2. The van der Waals surface area contributed by atoms with Gasteiger partial charge in [0.15, 0.2) is 0 Å². The second kappa shape index (κ2) is 5.09. The number of halogens is 1. The molecule has 1 aromatic carbocycles. The van der Waals surface area contributed by atoms with E-state index in [0.717, 1.165) is 0 Å². The molecule has 84 valence electrons. The summed E-state index contributed by atoms with van der Waals surface area (Å²) in [6.45, 7) is 3.62. The standard InChI is InChI=1S/C11H16FNO2/c1-7(6-14)13-8(2)10-5-9(12)3-4-11(10)15/h3-5,7-8,13-15H,6H2,1-2H3. The molecule has 0 saturated heterocycles. The van der Waals surface area contributed by atoms with E-state index in [1.165, 1.54) is 18.2 Å². The van der Waals surface area contributed by atoms with Gasteiger partial charge in [-0.25, -0.2) is 4.39 Å². The van der Waals surface area contributed by atoms with Crippen molar-refractivity contribution in [3.8, 4) is 5.75 Å². The predicted octanol–water partition coefficient (Wildman–Crippen LogP) is 1.56. The molecule has 1 rings (SSSR count). The van der Waals surface area contributed by atoms with Crippen molar-refractivity contribution in [2.75, 3.05) is 6.61 Å². The van der Waals surface area contributed by atoms with Crippen LogP contribution in [0.15, 0.2) is 18.2 Å². The Bertz CT molecular complexity index is 330. The van der Waals surface area contributed by atoms with Gasteiger partial charge in [-0.1, -0.05) is 0 Å². The van der Waals surface area contributed by atoms with Crippen molar-refractivity contribution in [1.29, 1.82) is 0 Å². The monoisotopic (exact) mass is 213 g/mol. The summed E-state index contributed by atoms with van der Waals surface area (Å²) in [5.41, 5.74) is 0.496. The van der Waals surface area contributed by atoms with E-state index in [9.17, 15) is 9.50 Å². The lowest BCUT2D eigenvalue weighted by atomic mass is 10.1. The molecule has 0 saturated carbocycles. The van der Waals surface area contributed by atoms with Crippen molar-refractivity contribution in [3.63, 3.8) is 0 Å². The van der Waals surface area contributed by atoms with Crippen molar-refractivity contribution in [2.45, 2.75) is 25.9 Å². The topological polar surface area (TPSA) is 52.5 Å². The van der Waals surface area contributed by atoms with E-state index in [2.05, 4.69) is 5.32 Å². The van der Waals surface area contributed by atoms with Gasteiger partial charge in [0.1, 0.15) is 11.6 Å². The summed E-state index contributed by atoms with van der Waals surface area (Å²) < 4.78 is 12.9. The van der Waals surface area contributed by atoms with Gasteiger partial charge in [0.2, 0.25) is 0 Å². The SMILES string of the molecule is CC(CO)NC(C)c1cc(F)ccc1O. The average molecular weight is 213 g/mol. The number of hydrogen-bond acceptors (Lipinski definition) is 3. The molecule has 0 heterocycles. The fourth-order valence-corrected chi connectivity index (χ4v) is 1.44. The lowest BCUT2D eigenvalue weighted by Crippen LogP contribution is -2.31. The molecule has 2 unspecified atom stereocenters. The van der Waals surface area contributed by atoms with Crippen molar-refractivity contribution < 1.29 is 14.6 Å². The molecule has 0 radical (unpaired) electrons. The van der Waals surface area contributed by atoms with Crippen LogP contribution in [0.1, 0.15) is 25.5 Å². The average Bonchev–Trinajstić information content (AvgIpc) is 2.21. The molecule has 0 fully saturated rings. The Morgan fingerprint density at radius 3 is 2.67 bits per heavy atom. The zero-order chi connectivity index (χ0) is 11.4. The molecule has 2 atom stereocenters. The zero-order valence-electron chi connectivity index (χ0n) is 8.87. The maximum absolute atomic E-state index is 12.9. The van der Waals surface area contributed by atoms with E-state index in [-0.39, 0.29) is 30.3 Å². The van der Waals surface area contributed by atoms with E-state index in [1.807, 2.05) is 6.92 Å². The lowest BCUT2D eigenvalue weighted by molar-refractivity contribution is 0.242. The molecular weight excluding hydrogens is 197 g/mol. The van der Waals surface area contributed by atoms with Crippen LogP contribution in [-0.4, -0.2) is 22.9 Å². The Kier molecular flexibility index (Phi) is 4.05. The number of rotatable bonds is 4. The molecule has 0 spiro atoms.